The van der Waals surface area contributed by atoms with Crippen molar-refractivity contribution < 1.29 is 5.11 Å². The highest BCUT2D eigenvalue weighted by Crippen LogP contribution is 2.25. The molecule has 0 aliphatic carbocycles. The van der Waals surface area contributed by atoms with Crippen LogP contribution in [-0.2, 0) is 7.05 Å². The Morgan fingerprint density at radius 3 is 2.93 bits per heavy atom. The van der Waals surface area contributed by atoms with Crippen molar-refractivity contribution in [1.29, 1.82) is 0 Å². The lowest BCUT2D eigenvalue weighted by Gasteiger charge is -2.00. The summed E-state index contributed by atoms with van der Waals surface area (Å²) < 4.78 is 2.59. The molecule has 0 amide bonds. The number of hydrogen-bond acceptors (Lipinski definition) is 5. The van der Waals surface area contributed by atoms with E-state index in [0.29, 0.717) is 10.7 Å². The van der Waals surface area contributed by atoms with E-state index in [-0.39, 0.29) is 0 Å². The van der Waals surface area contributed by atoms with Gasteiger partial charge in [0.15, 0.2) is 6.10 Å². The van der Waals surface area contributed by atoms with Gasteiger partial charge in [0.25, 0.3) is 0 Å². The zero-order chi connectivity index (χ0) is 10.1. The SMILES string of the molecule is Cn1cc(C(O)c2ncc(I)s2)nn1. The molecule has 7 heteroatoms. The second-order valence-corrected chi connectivity index (χ2v) is 5.68. The monoisotopic (exact) mass is 322 g/mol. The first-order chi connectivity index (χ1) is 6.66. The molecular formula is C7H7IN4OS. The Hall–Kier alpha value is -0.540. The Labute approximate surface area is 97.9 Å². The zero-order valence-electron chi connectivity index (χ0n) is 7.25. The van der Waals surface area contributed by atoms with Gasteiger partial charge in [-0.2, -0.15) is 0 Å². The number of nitrogens with zero attached hydrogens (tertiary/aromatic N) is 4. The van der Waals surface area contributed by atoms with Crippen molar-refractivity contribution in [1.82, 2.24) is 20.0 Å². The zero-order valence-corrected chi connectivity index (χ0v) is 10.2. The number of halogens is 1. The smallest absolute Gasteiger partial charge is 0.151 e. The van der Waals surface area contributed by atoms with Gasteiger partial charge in [0.1, 0.15) is 10.7 Å². The van der Waals surface area contributed by atoms with Crippen molar-refractivity contribution in [3.05, 3.63) is 26.0 Å². The maximum absolute atomic E-state index is 9.85. The van der Waals surface area contributed by atoms with E-state index in [0.717, 1.165) is 2.88 Å². The Morgan fingerprint density at radius 2 is 2.43 bits per heavy atom. The van der Waals surface area contributed by atoms with E-state index < -0.39 is 6.10 Å². The van der Waals surface area contributed by atoms with Gasteiger partial charge < -0.3 is 5.11 Å². The van der Waals surface area contributed by atoms with Crippen LogP contribution >= 0.6 is 33.9 Å². The van der Waals surface area contributed by atoms with Crippen LogP contribution in [0.5, 0.6) is 0 Å². The number of thiazole rings is 1. The third-order valence-corrected chi connectivity index (χ3v) is 3.41. The summed E-state index contributed by atoms with van der Waals surface area (Å²) >= 11 is 3.61. The molecule has 0 aromatic carbocycles. The van der Waals surface area contributed by atoms with Gasteiger partial charge in [0, 0.05) is 7.05 Å². The van der Waals surface area contributed by atoms with Gasteiger partial charge in [-0.3, -0.25) is 4.68 Å². The fourth-order valence-electron chi connectivity index (χ4n) is 1.01. The molecule has 0 radical (unpaired) electrons. The van der Waals surface area contributed by atoms with Crippen molar-refractivity contribution in [2.24, 2.45) is 7.05 Å². The van der Waals surface area contributed by atoms with Gasteiger partial charge in [0.2, 0.25) is 0 Å². The topological polar surface area (TPSA) is 63.8 Å². The summed E-state index contributed by atoms with van der Waals surface area (Å²) in [4.78, 5) is 4.09. The Balaban J connectivity index is 2.28. The maximum Gasteiger partial charge on any atom is 0.151 e. The molecular weight excluding hydrogens is 315 g/mol. The van der Waals surface area contributed by atoms with Crippen molar-refractivity contribution >= 4 is 33.9 Å². The molecule has 0 saturated heterocycles. The van der Waals surface area contributed by atoms with Gasteiger partial charge in [0.05, 0.1) is 15.3 Å². The molecule has 2 rings (SSSR count). The summed E-state index contributed by atoms with van der Waals surface area (Å²) in [5, 5.41) is 18.1. The predicted octanol–water partition coefficient (Wildman–Crippen LogP) is 0.958. The highest BCUT2D eigenvalue weighted by molar-refractivity contribution is 14.1. The average Bonchev–Trinajstić information content (AvgIpc) is 2.73. The molecule has 1 N–H and O–H groups in total. The van der Waals surface area contributed by atoms with Crippen LogP contribution in [0, 0.1) is 2.88 Å². The molecule has 2 aromatic rings. The lowest BCUT2D eigenvalue weighted by molar-refractivity contribution is 0.214. The van der Waals surface area contributed by atoms with Gasteiger partial charge in [-0.1, -0.05) is 5.21 Å². The highest BCUT2D eigenvalue weighted by Gasteiger charge is 2.17. The number of rotatable bonds is 2. The molecule has 2 aromatic heterocycles. The van der Waals surface area contributed by atoms with E-state index in [1.54, 1.807) is 24.1 Å². The van der Waals surface area contributed by atoms with Crippen LogP contribution < -0.4 is 0 Å². The number of aliphatic hydroxyl groups is 1. The fraction of sp³-hybridized carbons (Fsp3) is 0.286. The van der Waals surface area contributed by atoms with E-state index in [2.05, 4.69) is 37.9 Å². The molecule has 5 nitrogen and oxygen atoms in total. The van der Waals surface area contributed by atoms with Crippen molar-refractivity contribution in [3.63, 3.8) is 0 Å². The van der Waals surface area contributed by atoms with Crippen molar-refractivity contribution in [2.75, 3.05) is 0 Å². The minimum atomic E-state index is -0.766. The lowest BCUT2D eigenvalue weighted by Crippen LogP contribution is -1.98. The van der Waals surface area contributed by atoms with E-state index in [4.69, 9.17) is 0 Å². The number of hydrogen-bond donors (Lipinski definition) is 1. The van der Waals surface area contributed by atoms with E-state index in [9.17, 15) is 5.11 Å². The number of aliphatic hydroxyl groups excluding tert-OH is 1. The molecule has 0 aliphatic heterocycles. The van der Waals surface area contributed by atoms with E-state index in [1.807, 2.05) is 0 Å². The van der Waals surface area contributed by atoms with Crippen LogP contribution in [0.25, 0.3) is 0 Å². The van der Waals surface area contributed by atoms with Crippen molar-refractivity contribution in [2.45, 2.75) is 6.10 Å². The van der Waals surface area contributed by atoms with Crippen LogP contribution in [0.1, 0.15) is 16.8 Å². The molecule has 1 unspecified atom stereocenters. The Bertz CT molecular complexity index is 400. The first kappa shape index (κ1) is 9.99. The summed E-state index contributed by atoms with van der Waals surface area (Å²) in [6.07, 6.45) is 2.64. The molecule has 1 atom stereocenters. The van der Waals surface area contributed by atoms with Crippen LogP contribution in [0.2, 0.25) is 0 Å². The summed E-state index contributed by atoms with van der Waals surface area (Å²) in [7, 11) is 1.76. The largest absolute Gasteiger partial charge is 0.379 e. The molecule has 0 aliphatic rings. The average molecular weight is 322 g/mol. The van der Waals surface area contributed by atoms with Gasteiger partial charge in [-0.05, 0) is 22.6 Å². The van der Waals surface area contributed by atoms with Crippen LogP contribution in [0.15, 0.2) is 12.4 Å². The second-order valence-electron chi connectivity index (χ2n) is 2.72. The predicted molar refractivity (Wildman–Crippen MR) is 59.9 cm³/mol. The number of aryl methyl sites for hydroxylation is 1. The summed E-state index contributed by atoms with van der Waals surface area (Å²) in [6, 6.07) is 0. The normalized spacial score (nSPS) is 13.1. The van der Waals surface area contributed by atoms with Crippen LogP contribution in [-0.4, -0.2) is 25.1 Å². The van der Waals surface area contributed by atoms with Crippen molar-refractivity contribution in [3.8, 4) is 0 Å². The fourth-order valence-corrected chi connectivity index (χ4v) is 2.47. The van der Waals surface area contributed by atoms with Gasteiger partial charge in [-0.15, -0.1) is 16.4 Å². The summed E-state index contributed by atoms with van der Waals surface area (Å²) in [6.45, 7) is 0. The molecule has 2 heterocycles. The Kier molecular flexibility index (Phi) is 2.79. The van der Waals surface area contributed by atoms with Gasteiger partial charge in [-0.25, -0.2) is 4.98 Å². The molecule has 74 valence electrons. The lowest BCUT2D eigenvalue weighted by atomic mass is 10.3. The summed E-state index contributed by atoms with van der Waals surface area (Å²) in [5.74, 6) is 0. The third-order valence-electron chi connectivity index (χ3n) is 1.63. The number of aromatic nitrogens is 4. The maximum atomic E-state index is 9.85. The third kappa shape index (κ3) is 1.93. The first-order valence-corrected chi connectivity index (χ1v) is 5.72. The second kappa shape index (κ2) is 3.91. The summed E-state index contributed by atoms with van der Waals surface area (Å²) in [5.41, 5.74) is 0.526. The van der Waals surface area contributed by atoms with Crippen LogP contribution in [0.3, 0.4) is 0 Å². The standard InChI is InChI=1S/C7H7IN4OS/c1-12-3-4(10-11-12)6(13)7-9-2-5(8)14-7/h2-3,6,13H,1H3. The highest BCUT2D eigenvalue weighted by atomic mass is 127. The quantitative estimate of drug-likeness (QED) is 0.837. The minimum Gasteiger partial charge on any atom is -0.379 e. The van der Waals surface area contributed by atoms with E-state index >= 15 is 0 Å². The minimum absolute atomic E-state index is 0.526. The molecule has 0 bridgehead atoms. The molecule has 0 fully saturated rings. The first-order valence-electron chi connectivity index (χ1n) is 3.82. The molecule has 0 saturated carbocycles. The Morgan fingerprint density at radius 1 is 1.64 bits per heavy atom. The van der Waals surface area contributed by atoms with E-state index in [1.165, 1.54) is 11.3 Å². The molecule has 0 spiro atoms. The van der Waals surface area contributed by atoms with Gasteiger partial charge >= 0.3 is 0 Å². The van der Waals surface area contributed by atoms with Crippen LogP contribution in [0.4, 0.5) is 0 Å². The molecule has 14 heavy (non-hydrogen) atoms.